The van der Waals surface area contributed by atoms with Gasteiger partial charge in [0.15, 0.2) is 0 Å². The first-order valence-electron chi connectivity index (χ1n) is 3.46. The lowest BCUT2D eigenvalue weighted by molar-refractivity contribution is 0.139. The van der Waals surface area contributed by atoms with Crippen molar-refractivity contribution in [3.63, 3.8) is 0 Å². The molecule has 0 saturated heterocycles. The molecule has 0 amide bonds. The molecule has 0 aromatic heterocycles. The summed E-state index contributed by atoms with van der Waals surface area (Å²) in [4.78, 5) is 0. The first kappa shape index (κ1) is 12.6. The van der Waals surface area contributed by atoms with Crippen LogP contribution < -0.4 is 11.0 Å². The molecule has 0 aromatic rings. The molecular formula is C6H15N2OPS2. The summed E-state index contributed by atoms with van der Waals surface area (Å²) >= 11 is 6.32. The van der Waals surface area contributed by atoms with E-state index in [0.29, 0.717) is 0 Å². The third kappa shape index (κ3) is 7.28. The van der Waals surface area contributed by atoms with Crippen molar-refractivity contribution in [2.45, 2.75) is 12.5 Å². The van der Waals surface area contributed by atoms with Crippen LogP contribution in [-0.2, 0) is 16.5 Å². The lowest BCUT2D eigenvalue weighted by atomic mass is 10.3. The molecule has 0 spiro atoms. The van der Waals surface area contributed by atoms with Gasteiger partial charge in [0.2, 0.25) is 0 Å². The molecule has 3 nitrogen and oxygen atoms in total. The zero-order valence-electron chi connectivity index (χ0n) is 7.10. The van der Waals surface area contributed by atoms with Gasteiger partial charge in [0, 0.05) is 12.9 Å². The maximum absolute atomic E-state index is 5.50. The molecule has 12 heavy (non-hydrogen) atoms. The van der Waals surface area contributed by atoms with Crippen LogP contribution in [-0.4, -0.2) is 19.0 Å². The molecule has 0 aliphatic heterocycles. The number of hydrogen-bond acceptors (Lipinski definition) is 3. The summed E-state index contributed by atoms with van der Waals surface area (Å²) in [6.45, 7) is 3.63. The van der Waals surface area contributed by atoms with Gasteiger partial charge in [0.25, 0.3) is 0 Å². The molecule has 0 bridgehead atoms. The minimum absolute atomic E-state index is 0.0825. The van der Waals surface area contributed by atoms with Gasteiger partial charge < -0.3 is 4.74 Å². The van der Waals surface area contributed by atoms with Crippen LogP contribution in [0.25, 0.3) is 0 Å². The van der Waals surface area contributed by atoms with Gasteiger partial charge in [-0.3, -0.25) is 11.0 Å². The van der Waals surface area contributed by atoms with Crippen molar-refractivity contribution < 1.29 is 4.74 Å². The number of methoxy groups -OCH3 is 1. The van der Waals surface area contributed by atoms with Crippen molar-refractivity contribution >= 4 is 28.7 Å². The molecule has 0 radical (unpaired) electrons. The molecule has 1 atom stereocenters. The zero-order chi connectivity index (χ0) is 9.61. The third-order valence-electron chi connectivity index (χ3n) is 1.26. The van der Waals surface area contributed by atoms with Crippen LogP contribution in [0.3, 0.4) is 0 Å². The van der Waals surface area contributed by atoms with Crippen LogP contribution >= 0.6 is 16.9 Å². The Hall–Kier alpha value is 0.620. The summed E-state index contributed by atoms with van der Waals surface area (Å²) < 4.78 is 5.08. The molecule has 0 unspecified atom stereocenters. The number of rotatable bonds is 6. The van der Waals surface area contributed by atoms with Gasteiger partial charge in [0.05, 0.1) is 6.10 Å². The summed E-state index contributed by atoms with van der Waals surface area (Å²) in [6.07, 6.45) is 2.70. The average Bonchev–Trinajstić information content (AvgIpc) is 1.96. The molecule has 0 rings (SSSR count). The molecule has 0 aliphatic rings. The molecule has 6 heteroatoms. The molecule has 0 fully saturated rings. The van der Waals surface area contributed by atoms with Crippen molar-refractivity contribution in [1.82, 2.24) is 0 Å². The van der Waals surface area contributed by atoms with E-state index >= 15 is 0 Å². The normalized spacial score (nSPS) is 14.2. The summed E-state index contributed by atoms with van der Waals surface area (Å²) in [5.41, 5.74) is 8.93. The molecule has 0 saturated carbocycles. The van der Waals surface area contributed by atoms with E-state index in [1.165, 1.54) is 11.4 Å². The quantitative estimate of drug-likeness (QED) is 0.530. The van der Waals surface area contributed by atoms with E-state index < -0.39 is 5.54 Å². The van der Waals surface area contributed by atoms with E-state index in [-0.39, 0.29) is 6.10 Å². The van der Waals surface area contributed by atoms with Crippen molar-refractivity contribution in [1.29, 1.82) is 0 Å². The Balaban J connectivity index is 3.55. The highest BCUT2D eigenvalue weighted by Gasteiger charge is 2.06. The Morgan fingerprint density at radius 2 is 2.33 bits per heavy atom. The summed E-state index contributed by atoms with van der Waals surface area (Å²) in [5, 5.41) is 0. The van der Waals surface area contributed by atoms with Crippen molar-refractivity contribution in [3.05, 3.63) is 12.7 Å². The zero-order valence-corrected chi connectivity index (χ0v) is 9.63. The van der Waals surface area contributed by atoms with Crippen molar-refractivity contribution in [2.24, 2.45) is 11.0 Å². The van der Waals surface area contributed by atoms with Gasteiger partial charge >= 0.3 is 0 Å². The van der Waals surface area contributed by atoms with E-state index in [4.69, 9.17) is 27.6 Å². The van der Waals surface area contributed by atoms with Crippen molar-refractivity contribution in [2.75, 3.05) is 12.9 Å². The average molecular weight is 226 g/mol. The van der Waals surface area contributed by atoms with Gasteiger partial charge in [-0.25, -0.2) is 0 Å². The van der Waals surface area contributed by atoms with Gasteiger partial charge in [-0.15, -0.1) is 6.58 Å². The lowest BCUT2D eigenvalue weighted by Crippen LogP contribution is -2.08. The van der Waals surface area contributed by atoms with Gasteiger partial charge in [-0.2, -0.15) is 0 Å². The first-order chi connectivity index (χ1) is 5.49. The standard InChI is InChI=1S/C6H15N2OPS2/c1-3-6(9-2)4-5-12-10(7,8)11/h3,6H,1,4-5H2,2H3,(H4,7,8,11)/t6-/m1/s1. The Kier molecular flexibility index (Phi) is 6.45. The minimum atomic E-state index is -2.08. The maximum Gasteiger partial charge on any atom is 0.122 e. The monoisotopic (exact) mass is 226 g/mol. The smallest absolute Gasteiger partial charge is 0.122 e. The predicted molar refractivity (Wildman–Crippen MR) is 60.7 cm³/mol. The van der Waals surface area contributed by atoms with Crippen molar-refractivity contribution in [3.8, 4) is 0 Å². The molecule has 0 heterocycles. The molecule has 0 aliphatic carbocycles. The number of hydrogen-bond donors (Lipinski definition) is 2. The highest BCUT2D eigenvalue weighted by molar-refractivity contribution is 8.69. The summed E-state index contributed by atoms with van der Waals surface area (Å²) in [5.74, 6) is 0.828. The topological polar surface area (TPSA) is 61.3 Å². The molecular weight excluding hydrogens is 211 g/mol. The van der Waals surface area contributed by atoms with Crippen LogP contribution in [0.4, 0.5) is 0 Å². The Bertz CT molecular complexity index is 182. The predicted octanol–water partition coefficient (Wildman–Crippen LogP) is 1.45. The van der Waals surface area contributed by atoms with Crippen LogP contribution in [0, 0.1) is 0 Å². The Labute approximate surface area is 82.8 Å². The van der Waals surface area contributed by atoms with Gasteiger partial charge in [0.1, 0.15) is 5.54 Å². The van der Waals surface area contributed by atoms with Crippen LogP contribution in [0.5, 0.6) is 0 Å². The Morgan fingerprint density at radius 1 is 1.75 bits per heavy atom. The van der Waals surface area contributed by atoms with E-state index in [1.54, 1.807) is 13.2 Å². The third-order valence-corrected chi connectivity index (χ3v) is 4.79. The molecule has 72 valence electrons. The molecule has 0 aromatic carbocycles. The second-order valence-corrected chi connectivity index (χ2v) is 9.33. The fourth-order valence-corrected chi connectivity index (χ4v) is 3.11. The lowest BCUT2D eigenvalue weighted by Gasteiger charge is -2.12. The van der Waals surface area contributed by atoms with E-state index in [2.05, 4.69) is 6.58 Å². The van der Waals surface area contributed by atoms with Gasteiger partial charge in [-0.05, 0) is 6.42 Å². The van der Waals surface area contributed by atoms with Gasteiger partial charge in [-0.1, -0.05) is 29.3 Å². The Morgan fingerprint density at radius 3 is 2.67 bits per heavy atom. The van der Waals surface area contributed by atoms with E-state index in [9.17, 15) is 0 Å². The minimum Gasteiger partial charge on any atom is -0.377 e. The second kappa shape index (κ2) is 6.13. The maximum atomic E-state index is 5.50. The molecule has 4 N–H and O–H groups in total. The SMILES string of the molecule is C=C[C@H](CCSP(N)(N)=S)OC. The largest absolute Gasteiger partial charge is 0.377 e. The highest BCUT2D eigenvalue weighted by Crippen LogP contribution is 2.43. The fourth-order valence-electron chi connectivity index (χ4n) is 0.643. The first-order valence-corrected chi connectivity index (χ1v) is 8.00. The van der Waals surface area contributed by atoms with E-state index in [0.717, 1.165) is 12.2 Å². The van der Waals surface area contributed by atoms with Crippen LogP contribution in [0.1, 0.15) is 6.42 Å². The van der Waals surface area contributed by atoms with Crippen LogP contribution in [0.2, 0.25) is 0 Å². The summed E-state index contributed by atoms with van der Waals surface area (Å²) in [7, 11) is 1.65. The highest BCUT2D eigenvalue weighted by atomic mass is 32.9. The number of ether oxygens (including phenoxy) is 1. The fraction of sp³-hybridized carbons (Fsp3) is 0.667. The summed E-state index contributed by atoms with van der Waals surface area (Å²) in [6, 6.07) is 0. The second-order valence-electron chi connectivity index (χ2n) is 2.28. The van der Waals surface area contributed by atoms with Crippen LogP contribution in [0.15, 0.2) is 12.7 Å². The van der Waals surface area contributed by atoms with E-state index in [1.807, 2.05) is 0 Å². The number of nitrogens with two attached hydrogens (primary N) is 2.